The van der Waals surface area contributed by atoms with Gasteiger partial charge in [0.05, 0.1) is 27.2 Å². The maximum Gasteiger partial charge on any atom is 0.139 e. The van der Waals surface area contributed by atoms with E-state index in [0.29, 0.717) is 15.8 Å². The molecule has 0 bridgehead atoms. The van der Waals surface area contributed by atoms with Gasteiger partial charge in [0.25, 0.3) is 0 Å². The molecule has 0 amide bonds. The van der Waals surface area contributed by atoms with Crippen LogP contribution < -0.4 is 16.0 Å². The topological polar surface area (TPSA) is 41.3 Å². The minimum absolute atomic E-state index is 0.348. The van der Waals surface area contributed by atoms with Crippen LogP contribution >= 0.6 is 15.9 Å². The van der Waals surface area contributed by atoms with Crippen LogP contribution in [0, 0.1) is 5.82 Å². The molecule has 0 atom stereocenters. The van der Waals surface area contributed by atoms with Gasteiger partial charge < -0.3 is 16.0 Å². The van der Waals surface area contributed by atoms with E-state index >= 15 is 0 Å². The molecule has 19 heavy (non-hydrogen) atoms. The molecule has 0 saturated carbocycles. The molecule has 100 valence electrons. The van der Waals surface area contributed by atoms with Gasteiger partial charge in [0.1, 0.15) is 5.82 Å². The first kappa shape index (κ1) is 13.7. The third-order valence-corrected chi connectivity index (χ3v) is 3.36. The molecule has 2 aromatic rings. The van der Waals surface area contributed by atoms with Gasteiger partial charge in [-0.05, 0) is 34.1 Å². The molecule has 0 aliphatic heterocycles. The number of nitrogen functional groups attached to an aromatic ring is 1. The van der Waals surface area contributed by atoms with E-state index in [1.807, 2.05) is 43.3 Å². The highest BCUT2D eigenvalue weighted by molar-refractivity contribution is 9.10. The van der Waals surface area contributed by atoms with Crippen molar-refractivity contribution in [2.75, 3.05) is 30.0 Å². The lowest BCUT2D eigenvalue weighted by Crippen LogP contribution is -2.11. The van der Waals surface area contributed by atoms with Crippen LogP contribution in [0.15, 0.2) is 40.9 Å². The second kappa shape index (κ2) is 5.48. The van der Waals surface area contributed by atoms with Crippen molar-refractivity contribution in [2.24, 2.45) is 0 Å². The molecule has 0 fully saturated rings. The first-order valence-electron chi connectivity index (χ1n) is 5.77. The highest BCUT2D eigenvalue weighted by Crippen LogP contribution is 2.32. The normalized spacial score (nSPS) is 10.3. The molecule has 3 nitrogen and oxygen atoms in total. The Labute approximate surface area is 120 Å². The number of nitrogens with zero attached hydrogens (tertiary/aromatic N) is 1. The van der Waals surface area contributed by atoms with Crippen LogP contribution in [0.5, 0.6) is 0 Å². The lowest BCUT2D eigenvalue weighted by molar-refractivity contribution is 0.622. The quantitative estimate of drug-likeness (QED) is 0.839. The number of benzene rings is 2. The maximum atomic E-state index is 13.6. The van der Waals surface area contributed by atoms with Crippen molar-refractivity contribution in [1.82, 2.24) is 0 Å². The van der Waals surface area contributed by atoms with Gasteiger partial charge in [0.2, 0.25) is 0 Å². The number of halogens is 2. The van der Waals surface area contributed by atoms with Crippen molar-refractivity contribution >= 4 is 38.7 Å². The molecule has 0 aliphatic rings. The van der Waals surface area contributed by atoms with Gasteiger partial charge in [-0.15, -0.1) is 0 Å². The van der Waals surface area contributed by atoms with E-state index in [4.69, 9.17) is 5.73 Å². The second-order valence-electron chi connectivity index (χ2n) is 4.39. The first-order valence-corrected chi connectivity index (χ1v) is 6.56. The van der Waals surface area contributed by atoms with E-state index < -0.39 is 0 Å². The van der Waals surface area contributed by atoms with Crippen molar-refractivity contribution in [3.63, 3.8) is 0 Å². The Balaban J connectivity index is 2.39. The summed E-state index contributed by atoms with van der Waals surface area (Å²) >= 11 is 3.11. The summed E-state index contributed by atoms with van der Waals surface area (Å²) in [4.78, 5) is 1.98. The third-order valence-electron chi connectivity index (χ3n) is 2.75. The Morgan fingerprint density at radius 1 is 1.16 bits per heavy atom. The summed E-state index contributed by atoms with van der Waals surface area (Å²) in [5.41, 5.74) is 8.81. The SMILES string of the molecule is CN(C)c1ccccc1Nc1cc(F)c(Br)cc1N. The zero-order chi connectivity index (χ0) is 14.0. The number of hydrogen-bond donors (Lipinski definition) is 2. The molecule has 3 N–H and O–H groups in total. The summed E-state index contributed by atoms with van der Waals surface area (Å²) in [5, 5.41) is 3.16. The average molecular weight is 324 g/mol. The minimum Gasteiger partial charge on any atom is -0.397 e. The zero-order valence-corrected chi connectivity index (χ0v) is 12.3. The standard InChI is InChI=1S/C14H15BrFN3/c1-19(2)14-6-4-3-5-12(14)18-13-8-10(16)9(15)7-11(13)17/h3-8,18H,17H2,1-2H3. The second-order valence-corrected chi connectivity index (χ2v) is 5.24. The van der Waals surface area contributed by atoms with Crippen LogP contribution in [0.25, 0.3) is 0 Å². The van der Waals surface area contributed by atoms with Gasteiger partial charge in [0.15, 0.2) is 0 Å². The molecule has 0 heterocycles. The van der Waals surface area contributed by atoms with Crippen molar-refractivity contribution in [2.45, 2.75) is 0 Å². The number of hydrogen-bond acceptors (Lipinski definition) is 3. The Hall–Kier alpha value is -1.75. The van der Waals surface area contributed by atoms with Gasteiger partial charge >= 0.3 is 0 Å². The Bertz CT molecular complexity index is 599. The van der Waals surface area contributed by atoms with Crippen molar-refractivity contribution in [3.05, 3.63) is 46.7 Å². The number of anilines is 4. The smallest absolute Gasteiger partial charge is 0.139 e. The van der Waals surface area contributed by atoms with Gasteiger partial charge in [-0.25, -0.2) is 4.39 Å². The molecule has 2 aromatic carbocycles. The van der Waals surface area contributed by atoms with Crippen molar-refractivity contribution < 1.29 is 4.39 Å². The van der Waals surface area contributed by atoms with Crippen LogP contribution in [0.2, 0.25) is 0 Å². The van der Waals surface area contributed by atoms with Gasteiger partial charge in [-0.2, -0.15) is 0 Å². The highest BCUT2D eigenvalue weighted by Gasteiger charge is 2.09. The summed E-state index contributed by atoms with van der Waals surface area (Å²) < 4.78 is 13.9. The average Bonchev–Trinajstić information content (AvgIpc) is 2.36. The van der Waals surface area contributed by atoms with E-state index in [1.165, 1.54) is 6.07 Å². The summed E-state index contributed by atoms with van der Waals surface area (Å²) in [6.07, 6.45) is 0. The first-order chi connectivity index (χ1) is 8.99. The number of nitrogens with one attached hydrogen (secondary N) is 1. The molecule has 0 aliphatic carbocycles. The monoisotopic (exact) mass is 323 g/mol. The lowest BCUT2D eigenvalue weighted by Gasteiger charge is -2.19. The summed E-state index contributed by atoms with van der Waals surface area (Å²) in [5.74, 6) is -0.348. The largest absolute Gasteiger partial charge is 0.397 e. The minimum atomic E-state index is -0.348. The van der Waals surface area contributed by atoms with Gasteiger partial charge in [-0.1, -0.05) is 12.1 Å². The Morgan fingerprint density at radius 3 is 2.53 bits per heavy atom. The van der Waals surface area contributed by atoms with Gasteiger partial charge in [-0.3, -0.25) is 0 Å². The fraction of sp³-hybridized carbons (Fsp3) is 0.143. The van der Waals surface area contributed by atoms with Crippen molar-refractivity contribution in [3.8, 4) is 0 Å². The number of rotatable bonds is 3. The predicted molar refractivity (Wildman–Crippen MR) is 82.6 cm³/mol. The molecule has 0 unspecified atom stereocenters. The Kier molecular flexibility index (Phi) is 3.95. The van der Waals surface area contributed by atoms with Crippen molar-refractivity contribution in [1.29, 1.82) is 0 Å². The summed E-state index contributed by atoms with van der Waals surface area (Å²) in [6.45, 7) is 0. The van der Waals surface area contributed by atoms with E-state index in [0.717, 1.165) is 11.4 Å². The van der Waals surface area contributed by atoms with Crippen LogP contribution in [0.3, 0.4) is 0 Å². The molecule has 0 aromatic heterocycles. The van der Waals surface area contributed by atoms with Crippen LogP contribution in [-0.2, 0) is 0 Å². The molecular weight excluding hydrogens is 309 g/mol. The van der Waals surface area contributed by atoms with Gasteiger partial charge in [0, 0.05) is 20.2 Å². The fourth-order valence-electron chi connectivity index (χ4n) is 1.78. The molecule has 5 heteroatoms. The van der Waals surface area contributed by atoms with E-state index in [9.17, 15) is 4.39 Å². The van der Waals surface area contributed by atoms with E-state index in [1.54, 1.807) is 6.07 Å². The van der Waals surface area contributed by atoms with Crippen LogP contribution in [-0.4, -0.2) is 14.1 Å². The van der Waals surface area contributed by atoms with E-state index in [2.05, 4.69) is 21.2 Å². The summed E-state index contributed by atoms with van der Waals surface area (Å²) in [6, 6.07) is 10.7. The zero-order valence-electron chi connectivity index (χ0n) is 10.7. The molecule has 0 saturated heterocycles. The highest BCUT2D eigenvalue weighted by atomic mass is 79.9. The fourth-order valence-corrected chi connectivity index (χ4v) is 2.15. The predicted octanol–water partition coefficient (Wildman–Crippen LogP) is 3.98. The molecule has 0 spiro atoms. The molecular formula is C14H15BrFN3. The van der Waals surface area contributed by atoms with E-state index in [-0.39, 0.29) is 5.82 Å². The third kappa shape index (κ3) is 2.98. The Morgan fingerprint density at radius 2 is 1.84 bits per heavy atom. The molecule has 0 radical (unpaired) electrons. The number of para-hydroxylation sites is 2. The lowest BCUT2D eigenvalue weighted by atomic mass is 10.2. The molecule has 2 rings (SSSR count). The number of nitrogens with two attached hydrogens (primary N) is 1. The van der Waals surface area contributed by atoms with Crippen LogP contribution in [0.4, 0.5) is 27.1 Å². The maximum absolute atomic E-state index is 13.6. The van der Waals surface area contributed by atoms with Crippen LogP contribution in [0.1, 0.15) is 0 Å². The summed E-state index contributed by atoms with van der Waals surface area (Å²) in [7, 11) is 3.90.